The first kappa shape index (κ1) is 25.1. The molecule has 1 aliphatic heterocycles. The van der Waals surface area contributed by atoms with Crippen molar-refractivity contribution in [2.24, 2.45) is 0 Å². The molecule has 2 aromatic carbocycles. The molecule has 1 saturated heterocycles. The van der Waals surface area contributed by atoms with E-state index in [2.05, 4.69) is 0 Å². The molecule has 1 heterocycles. The normalized spacial score (nSPS) is 17.4. The topological polar surface area (TPSA) is 85.3 Å². The molecule has 0 bridgehead atoms. The Labute approximate surface area is 200 Å². The Morgan fingerprint density at radius 2 is 1.71 bits per heavy atom. The molecule has 0 aliphatic carbocycles. The van der Waals surface area contributed by atoms with Gasteiger partial charge in [-0.05, 0) is 52.3 Å². The second kappa shape index (κ2) is 11.1. The molecule has 0 radical (unpaired) electrons. The Bertz CT molecular complexity index is 1070. The van der Waals surface area contributed by atoms with Gasteiger partial charge in [0.15, 0.2) is 0 Å². The molecule has 7 heteroatoms. The maximum atomic E-state index is 13.2. The van der Waals surface area contributed by atoms with Gasteiger partial charge in [0.25, 0.3) is 11.7 Å². The van der Waals surface area contributed by atoms with Crippen LogP contribution >= 0.6 is 0 Å². The van der Waals surface area contributed by atoms with Gasteiger partial charge in [0, 0.05) is 18.2 Å². The fraction of sp³-hybridized carbons (Fsp3) is 0.407. The monoisotopic (exact) mass is 467 g/mol. The highest BCUT2D eigenvalue weighted by atomic mass is 16.5. The zero-order valence-corrected chi connectivity index (χ0v) is 20.5. The fourth-order valence-electron chi connectivity index (χ4n) is 4.12. The number of carbonyl (C=O) groups is 2. The summed E-state index contributed by atoms with van der Waals surface area (Å²) in [6.45, 7) is 10.7. The number of hydrogen-bond acceptors (Lipinski definition) is 6. The van der Waals surface area contributed by atoms with Crippen LogP contribution in [0.3, 0.4) is 0 Å². The van der Waals surface area contributed by atoms with Crippen molar-refractivity contribution in [3.63, 3.8) is 0 Å². The molecule has 1 fully saturated rings. The van der Waals surface area contributed by atoms with Crippen LogP contribution in [-0.4, -0.2) is 47.6 Å². The molecule has 0 spiro atoms. The number of nitrogens with zero attached hydrogens (tertiary/aromatic N) is 1. The summed E-state index contributed by atoms with van der Waals surface area (Å²) in [6, 6.07) is 11.5. The van der Waals surface area contributed by atoms with Crippen LogP contribution in [-0.2, 0) is 9.59 Å². The summed E-state index contributed by atoms with van der Waals surface area (Å²) in [5.74, 6) is -0.136. The molecule has 1 unspecified atom stereocenters. The standard InChI is InChI=1S/C27H33NO6/c1-6-15-28-24(19-11-9-10-12-21(19)34-17(4)5)23(26(30)27(28)31)25(29)20-14-13-18(32-7-2)16-22(20)33-8-3/h9-14,16-17,24,29H,6-8,15H2,1-5H3/b25-23+. The number of aliphatic hydroxyl groups excluding tert-OH is 1. The first-order chi connectivity index (χ1) is 16.3. The minimum Gasteiger partial charge on any atom is -0.507 e. The van der Waals surface area contributed by atoms with Crippen molar-refractivity contribution in [2.75, 3.05) is 19.8 Å². The van der Waals surface area contributed by atoms with E-state index in [0.717, 1.165) is 0 Å². The minimum absolute atomic E-state index is 0.0170. The number of ketones is 1. The third-order valence-electron chi connectivity index (χ3n) is 5.40. The van der Waals surface area contributed by atoms with E-state index < -0.39 is 17.7 Å². The summed E-state index contributed by atoms with van der Waals surface area (Å²) < 4.78 is 17.3. The Kier molecular flexibility index (Phi) is 8.21. The third-order valence-corrected chi connectivity index (χ3v) is 5.40. The number of ether oxygens (including phenoxy) is 3. The van der Waals surface area contributed by atoms with Crippen molar-refractivity contribution in [3.05, 3.63) is 59.2 Å². The number of likely N-dealkylation sites (tertiary alicyclic amines) is 1. The molecular formula is C27H33NO6. The van der Waals surface area contributed by atoms with E-state index in [9.17, 15) is 14.7 Å². The fourth-order valence-corrected chi connectivity index (χ4v) is 4.12. The number of amides is 1. The molecule has 7 nitrogen and oxygen atoms in total. The lowest BCUT2D eigenvalue weighted by molar-refractivity contribution is -0.139. The lowest BCUT2D eigenvalue weighted by atomic mass is 9.94. The van der Waals surface area contributed by atoms with Gasteiger partial charge in [-0.2, -0.15) is 0 Å². The van der Waals surface area contributed by atoms with Gasteiger partial charge in [0.1, 0.15) is 23.0 Å². The van der Waals surface area contributed by atoms with Gasteiger partial charge in [0.05, 0.1) is 36.5 Å². The Morgan fingerprint density at radius 3 is 2.35 bits per heavy atom. The third kappa shape index (κ3) is 5.03. The van der Waals surface area contributed by atoms with E-state index >= 15 is 0 Å². The van der Waals surface area contributed by atoms with E-state index in [-0.39, 0.29) is 17.4 Å². The highest BCUT2D eigenvalue weighted by Crippen LogP contribution is 2.44. The summed E-state index contributed by atoms with van der Waals surface area (Å²) in [4.78, 5) is 27.8. The van der Waals surface area contributed by atoms with Crippen molar-refractivity contribution < 1.29 is 28.9 Å². The van der Waals surface area contributed by atoms with Crippen LogP contribution in [0.5, 0.6) is 17.2 Å². The molecule has 2 aromatic rings. The highest BCUT2D eigenvalue weighted by molar-refractivity contribution is 6.46. The maximum absolute atomic E-state index is 13.2. The smallest absolute Gasteiger partial charge is 0.295 e. The predicted molar refractivity (Wildman–Crippen MR) is 130 cm³/mol. The lowest BCUT2D eigenvalue weighted by Crippen LogP contribution is -2.30. The van der Waals surface area contributed by atoms with Crippen molar-refractivity contribution in [1.29, 1.82) is 0 Å². The van der Waals surface area contributed by atoms with Crippen LogP contribution in [0.15, 0.2) is 48.0 Å². The van der Waals surface area contributed by atoms with Crippen LogP contribution < -0.4 is 14.2 Å². The van der Waals surface area contributed by atoms with Crippen LogP contribution in [0, 0.1) is 0 Å². The van der Waals surface area contributed by atoms with Crippen molar-refractivity contribution in [1.82, 2.24) is 4.90 Å². The van der Waals surface area contributed by atoms with Gasteiger partial charge >= 0.3 is 0 Å². The maximum Gasteiger partial charge on any atom is 0.295 e. The number of aliphatic hydroxyl groups is 1. The summed E-state index contributed by atoms with van der Waals surface area (Å²) >= 11 is 0. The summed E-state index contributed by atoms with van der Waals surface area (Å²) in [5, 5.41) is 11.4. The average Bonchev–Trinajstić information content (AvgIpc) is 3.04. The lowest BCUT2D eigenvalue weighted by Gasteiger charge is -2.27. The van der Waals surface area contributed by atoms with Gasteiger partial charge in [-0.15, -0.1) is 0 Å². The van der Waals surface area contributed by atoms with Crippen molar-refractivity contribution in [2.45, 2.75) is 53.2 Å². The van der Waals surface area contributed by atoms with E-state index in [1.54, 1.807) is 18.2 Å². The summed E-state index contributed by atoms with van der Waals surface area (Å²) in [7, 11) is 0. The molecule has 1 N–H and O–H groups in total. The van der Waals surface area contributed by atoms with E-state index in [1.165, 1.54) is 4.90 Å². The van der Waals surface area contributed by atoms with Gasteiger partial charge < -0.3 is 24.2 Å². The van der Waals surface area contributed by atoms with Gasteiger partial charge in [-0.1, -0.05) is 25.1 Å². The van der Waals surface area contributed by atoms with Crippen LogP contribution in [0.1, 0.15) is 58.2 Å². The van der Waals surface area contributed by atoms with Crippen LogP contribution in [0.4, 0.5) is 0 Å². The first-order valence-electron chi connectivity index (χ1n) is 11.8. The highest BCUT2D eigenvalue weighted by Gasteiger charge is 2.47. The van der Waals surface area contributed by atoms with E-state index in [1.807, 2.05) is 58.9 Å². The minimum atomic E-state index is -0.782. The molecular weight excluding hydrogens is 434 g/mol. The molecule has 0 saturated carbocycles. The number of benzene rings is 2. The second-order valence-electron chi connectivity index (χ2n) is 8.22. The van der Waals surface area contributed by atoms with Crippen molar-refractivity contribution in [3.8, 4) is 17.2 Å². The zero-order valence-electron chi connectivity index (χ0n) is 20.5. The van der Waals surface area contributed by atoms with Crippen molar-refractivity contribution >= 4 is 17.4 Å². The van der Waals surface area contributed by atoms with Gasteiger partial charge in [0.2, 0.25) is 0 Å². The Hall–Kier alpha value is -3.48. The number of rotatable bonds is 10. The quantitative estimate of drug-likeness (QED) is 0.297. The molecule has 1 aliphatic rings. The van der Waals surface area contributed by atoms with Crippen LogP contribution in [0.25, 0.3) is 5.76 Å². The Balaban J connectivity index is 2.24. The SMILES string of the molecule is CCCN1C(=O)C(=O)/C(=C(/O)c2ccc(OCC)cc2OCC)C1c1ccccc1OC(C)C. The number of hydrogen-bond donors (Lipinski definition) is 1. The molecule has 1 amide bonds. The van der Waals surface area contributed by atoms with E-state index in [4.69, 9.17) is 14.2 Å². The molecule has 34 heavy (non-hydrogen) atoms. The largest absolute Gasteiger partial charge is 0.507 e. The molecule has 1 atom stereocenters. The first-order valence-corrected chi connectivity index (χ1v) is 11.8. The molecule has 182 valence electrons. The summed E-state index contributed by atoms with van der Waals surface area (Å²) in [5.41, 5.74) is 0.990. The molecule has 3 rings (SSSR count). The number of Topliss-reactive ketones (excluding diaryl/α,β-unsaturated/α-hetero) is 1. The second-order valence-corrected chi connectivity index (χ2v) is 8.22. The van der Waals surface area contributed by atoms with E-state index in [0.29, 0.717) is 54.6 Å². The Morgan fingerprint density at radius 1 is 1.00 bits per heavy atom. The zero-order chi connectivity index (χ0) is 24.8. The summed E-state index contributed by atoms with van der Waals surface area (Å²) in [6.07, 6.45) is 0.551. The molecule has 0 aromatic heterocycles. The number of carbonyl (C=O) groups excluding carboxylic acids is 2. The van der Waals surface area contributed by atoms with Gasteiger partial charge in [-0.3, -0.25) is 9.59 Å². The average molecular weight is 468 g/mol. The van der Waals surface area contributed by atoms with Crippen LogP contribution in [0.2, 0.25) is 0 Å². The predicted octanol–water partition coefficient (Wildman–Crippen LogP) is 5.10. The van der Waals surface area contributed by atoms with Gasteiger partial charge in [-0.25, -0.2) is 0 Å². The number of para-hydroxylation sites is 1.